The van der Waals surface area contributed by atoms with E-state index in [0.717, 1.165) is 20.7 Å². The molecule has 0 saturated heterocycles. The number of hydrogen-bond acceptors (Lipinski definition) is 4. The lowest BCUT2D eigenvalue weighted by molar-refractivity contribution is -0.141. The average molecular weight is 382 g/mol. The van der Waals surface area contributed by atoms with E-state index in [2.05, 4.69) is 15.1 Å². The third-order valence-corrected chi connectivity index (χ3v) is 5.04. The first-order valence-electron chi connectivity index (χ1n) is 8.05. The molecular formula is C17H17F3N4OS. The molecule has 3 rings (SSSR count). The predicted molar refractivity (Wildman–Crippen MR) is 96.5 cm³/mol. The van der Waals surface area contributed by atoms with Gasteiger partial charge in [-0.15, -0.1) is 0 Å². The van der Waals surface area contributed by atoms with Gasteiger partial charge in [0.2, 0.25) is 5.13 Å². The molecule has 1 aromatic carbocycles. The van der Waals surface area contributed by atoms with Crippen LogP contribution >= 0.6 is 11.3 Å². The number of hydrogen-bond donors (Lipinski definition) is 1. The first-order chi connectivity index (χ1) is 12.2. The van der Waals surface area contributed by atoms with Crippen LogP contribution in [0.15, 0.2) is 34.1 Å². The molecule has 2 aromatic heterocycles. The van der Waals surface area contributed by atoms with E-state index in [1.807, 2.05) is 6.92 Å². The van der Waals surface area contributed by atoms with Gasteiger partial charge in [-0.25, -0.2) is 4.98 Å². The number of aromatic amines is 1. The third kappa shape index (κ3) is 3.31. The monoisotopic (exact) mass is 382 g/mol. The summed E-state index contributed by atoms with van der Waals surface area (Å²) in [4.78, 5) is 21.2. The number of alkyl halides is 3. The summed E-state index contributed by atoms with van der Waals surface area (Å²) in [6, 6.07) is 6.94. The molecule has 9 heteroatoms. The van der Waals surface area contributed by atoms with Gasteiger partial charge in [0.1, 0.15) is 0 Å². The molecule has 26 heavy (non-hydrogen) atoms. The molecule has 0 fully saturated rings. The predicted octanol–water partition coefficient (Wildman–Crippen LogP) is 4.40. The molecule has 0 saturated carbocycles. The van der Waals surface area contributed by atoms with Crippen molar-refractivity contribution >= 4 is 27.3 Å². The Hall–Kier alpha value is -2.42. The molecule has 0 aliphatic carbocycles. The number of rotatable bonds is 4. The number of para-hydroxylation sites is 1. The molecule has 0 amide bonds. The summed E-state index contributed by atoms with van der Waals surface area (Å²) in [5.74, 6) is 0. The largest absolute Gasteiger partial charge is 0.433 e. The van der Waals surface area contributed by atoms with Gasteiger partial charge in [-0.05, 0) is 32.4 Å². The highest BCUT2D eigenvalue weighted by molar-refractivity contribution is 7.20. The van der Waals surface area contributed by atoms with Gasteiger partial charge in [0.15, 0.2) is 5.69 Å². The van der Waals surface area contributed by atoms with E-state index in [0.29, 0.717) is 11.9 Å². The molecule has 0 unspecified atom stereocenters. The van der Waals surface area contributed by atoms with Crippen molar-refractivity contribution in [2.45, 2.75) is 39.4 Å². The highest BCUT2D eigenvalue weighted by Crippen LogP contribution is 2.31. The Bertz CT molecular complexity index is 996. The van der Waals surface area contributed by atoms with Crippen LogP contribution in [-0.4, -0.2) is 26.5 Å². The molecule has 5 nitrogen and oxygen atoms in total. The van der Waals surface area contributed by atoms with Crippen LogP contribution < -0.4 is 5.56 Å². The lowest BCUT2D eigenvalue weighted by Crippen LogP contribution is -2.21. The lowest BCUT2D eigenvalue weighted by atomic mass is 10.1. The minimum Gasteiger partial charge on any atom is -0.286 e. The van der Waals surface area contributed by atoms with E-state index < -0.39 is 23.0 Å². The van der Waals surface area contributed by atoms with Crippen LogP contribution in [0.2, 0.25) is 0 Å². The maximum atomic E-state index is 13.5. The smallest absolute Gasteiger partial charge is 0.286 e. The fraction of sp³-hybridized carbons (Fsp3) is 0.353. The average Bonchev–Trinajstić information content (AvgIpc) is 3.14. The molecule has 1 N–H and O–H groups in total. The molecule has 138 valence electrons. The van der Waals surface area contributed by atoms with E-state index >= 15 is 0 Å². The summed E-state index contributed by atoms with van der Waals surface area (Å²) in [7, 11) is 0. The number of aromatic nitrogens is 3. The van der Waals surface area contributed by atoms with Crippen molar-refractivity contribution in [2.24, 2.45) is 4.99 Å². The fourth-order valence-corrected chi connectivity index (χ4v) is 3.48. The SMILES string of the molecule is CC[C@H](C)N=C(C)c1c(C(F)(F)F)[nH]n(-c2nc3ccccc3s2)c1=O. The van der Waals surface area contributed by atoms with Gasteiger partial charge < -0.3 is 0 Å². The van der Waals surface area contributed by atoms with Crippen molar-refractivity contribution < 1.29 is 13.2 Å². The second-order valence-electron chi connectivity index (χ2n) is 5.94. The minimum absolute atomic E-state index is 0.0628. The maximum Gasteiger partial charge on any atom is 0.433 e. The molecule has 0 aliphatic heterocycles. The Morgan fingerprint density at radius 3 is 2.69 bits per heavy atom. The Kier molecular flexibility index (Phi) is 4.74. The summed E-state index contributed by atoms with van der Waals surface area (Å²) >= 11 is 1.14. The zero-order chi connectivity index (χ0) is 19.1. The summed E-state index contributed by atoms with van der Waals surface area (Å²) < 4.78 is 42.1. The van der Waals surface area contributed by atoms with Crippen molar-refractivity contribution in [3.05, 3.63) is 45.9 Å². The highest BCUT2D eigenvalue weighted by atomic mass is 32.1. The van der Waals surface area contributed by atoms with E-state index in [1.165, 1.54) is 6.92 Å². The van der Waals surface area contributed by atoms with E-state index in [4.69, 9.17) is 0 Å². The quantitative estimate of drug-likeness (QED) is 0.680. The molecule has 2 heterocycles. The number of aliphatic imine (C=N–C) groups is 1. The van der Waals surface area contributed by atoms with E-state index in [-0.39, 0.29) is 16.9 Å². The first-order valence-corrected chi connectivity index (χ1v) is 8.87. The fourth-order valence-electron chi connectivity index (χ4n) is 2.55. The number of fused-ring (bicyclic) bond motifs is 1. The van der Waals surface area contributed by atoms with Crippen LogP contribution in [0.3, 0.4) is 0 Å². The zero-order valence-electron chi connectivity index (χ0n) is 14.4. The van der Waals surface area contributed by atoms with Gasteiger partial charge >= 0.3 is 6.18 Å². The normalized spacial score (nSPS) is 14.2. The van der Waals surface area contributed by atoms with Crippen molar-refractivity contribution in [1.82, 2.24) is 14.8 Å². The molecular weight excluding hydrogens is 365 g/mol. The summed E-state index contributed by atoms with van der Waals surface area (Å²) in [6.07, 6.45) is -4.04. The molecule has 0 aliphatic rings. The van der Waals surface area contributed by atoms with E-state index in [1.54, 1.807) is 31.2 Å². The number of nitrogens with one attached hydrogen (secondary N) is 1. The van der Waals surface area contributed by atoms with Crippen molar-refractivity contribution in [3.8, 4) is 5.13 Å². The van der Waals surface area contributed by atoms with Crippen LogP contribution in [0.5, 0.6) is 0 Å². The van der Waals surface area contributed by atoms with Crippen LogP contribution in [0.25, 0.3) is 15.3 Å². The topological polar surface area (TPSA) is 63.0 Å². The lowest BCUT2D eigenvalue weighted by Gasteiger charge is -2.08. The van der Waals surface area contributed by atoms with Gasteiger partial charge in [-0.2, -0.15) is 17.9 Å². The third-order valence-electron chi connectivity index (χ3n) is 4.01. The minimum atomic E-state index is -4.71. The Morgan fingerprint density at radius 1 is 1.38 bits per heavy atom. The zero-order valence-corrected chi connectivity index (χ0v) is 15.2. The van der Waals surface area contributed by atoms with Crippen molar-refractivity contribution in [2.75, 3.05) is 0 Å². The van der Waals surface area contributed by atoms with Gasteiger partial charge in [-0.3, -0.25) is 14.9 Å². The van der Waals surface area contributed by atoms with Crippen LogP contribution in [-0.2, 0) is 6.18 Å². The van der Waals surface area contributed by atoms with Gasteiger partial charge in [0.05, 0.1) is 15.8 Å². The Balaban J connectivity index is 2.22. The van der Waals surface area contributed by atoms with Crippen molar-refractivity contribution in [1.29, 1.82) is 0 Å². The highest BCUT2D eigenvalue weighted by Gasteiger charge is 2.39. The molecule has 3 aromatic rings. The molecule has 1 atom stereocenters. The van der Waals surface area contributed by atoms with Crippen molar-refractivity contribution in [3.63, 3.8) is 0 Å². The van der Waals surface area contributed by atoms with Gasteiger partial charge in [-0.1, -0.05) is 30.4 Å². The first kappa shape index (κ1) is 18.4. The van der Waals surface area contributed by atoms with Gasteiger partial charge in [0.25, 0.3) is 5.56 Å². The Labute approximate surface area is 151 Å². The van der Waals surface area contributed by atoms with Crippen LogP contribution in [0.1, 0.15) is 38.4 Å². The van der Waals surface area contributed by atoms with Crippen LogP contribution in [0, 0.1) is 0 Å². The molecule has 0 spiro atoms. The second kappa shape index (κ2) is 6.71. The molecule has 0 bridgehead atoms. The summed E-state index contributed by atoms with van der Waals surface area (Å²) in [5.41, 5.74) is -1.69. The standard InChI is InChI=1S/C17H17F3N4OS/c1-4-9(2)21-10(3)13-14(17(18,19)20)23-24(15(13)25)16-22-11-7-5-6-8-12(11)26-16/h5-9,23H,4H2,1-3H3/t9-/m0/s1. The molecule has 0 radical (unpaired) electrons. The maximum absolute atomic E-state index is 13.5. The second-order valence-corrected chi connectivity index (χ2v) is 6.95. The Morgan fingerprint density at radius 2 is 2.08 bits per heavy atom. The van der Waals surface area contributed by atoms with E-state index in [9.17, 15) is 18.0 Å². The number of halogens is 3. The summed E-state index contributed by atoms with van der Waals surface area (Å²) in [5, 5.41) is 2.34. The van der Waals surface area contributed by atoms with Crippen LogP contribution in [0.4, 0.5) is 13.2 Å². The number of H-pyrrole nitrogens is 1. The number of thiazole rings is 1. The number of benzene rings is 1. The summed E-state index contributed by atoms with van der Waals surface area (Å²) in [6.45, 7) is 5.09. The number of nitrogens with zero attached hydrogens (tertiary/aromatic N) is 3. The van der Waals surface area contributed by atoms with Gasteiger partial charge in [0, 0.05) is 11.8 Å².